The number of ether oxygens (including phenoxy) is 1. The molecule has 12 nitrogen and oxygen atoms in total. The van der Waals surface area contributed by atoms with Crippen LogP contribution in [0, 0.1) is 0 Å². The molecule has 0 saturated carbocycles. The van der Waals surface area contributed by atoms with E-state index in [1.807, 2.05) is 0 Å². The topological polar surface area (TPSA) is 64.2 Å². The van der Waals surface area contributed by atoms with Crippen molar-refractivity contribution in [3.8, 4) is 22.6 Å². The number of para-hydroxylation sites is 13. The van der Waals surface area contributed by atoms with Gasteiger partial charge in [-0.3, -0.25) is 19.6 Å². The number of aromatic nitrogens is 2. The van der Waals surface area contributed by atoms with Crippen molar-refractivity contribution in [3.63, 3.8) is 0 Å². The Morgan fingerprint density at radius 1 is 0.171 bits per heavy atom. The molecule has 0 aliphatic carbocycles. The van der Waals surface area contributed by atoms with E-state index in [0.29, 0.717) is 0 Å². The van der Waals surface area contributed by atoms with Crippen LogP contribution in [0.3, 0.4) is 0 Å². The Balaban J connectivity index is 0.595. The number of anilines is 27. The molecule has 0 radical (unpaired) electrons. The van der Waals surface area contributed by atoms with E-state index in [9.17, 15) is 0 Å². The molecule has 0 spiro atoms. The number of rotatable bonds is 14. The Bertz CT molecular complexity index is 8530. The van der Waals surface area contributed by atoms with Gasteiger partial charge in [-0.15, -0.1) is 0 Å². The summed E-state index contributed by atoms with van der Waals surface area (Å²) in [6.45, 7) is -0.825. The van der Waals surface area contributed by atoms with Crippen LogP contribution in [0.2, 0.25) is 0 Å². The van der Waals surface area contributed by atoms with Crippen molar-refractivity contribution in [1.82, 2.24) is 9.97 Å². The minimum atomic E-state index is -0.310. The van der Waals surface area contributed by atoms with Gasteiger partial charge in [0, 0.05) is 143 Å². The summed E-state index contributed by atoms with van der Waals surface area (Å²) < 4.78 is 6.90. The Labute approximate surface area is 813 Å². The van der Waals surface area contributed by atoms with Gasteiger partial charge in [-0.2, -0.15) is 0 Å². The van der Waals surface area contributed by atoms with Crippen molar-refractivity contribution in [2.45, 2.75) is 0 Å². The predicted octanol–water partition coefficient (Wildman–Crippen LogP) is 23.7. The fraction of sp³-hybridized carbons (Fsp3) is 0. The third-order valence-electron chi connectivity index (χ3n) is 29.5. The lowest BCUT2D eigenvalue weighted by Gasteiger charge is -2.47. The average molecular weight is 1780 g/mol. The number of hydrogen-bond donors (Lipinski definition) is 0. The molecular formula is C124H81B4N11O. The van der Waals surface area contributed by atoms with Gasteiger partial charge in [0.05, 0.1) is 0 Å². The fourth-order valence-electron chi connectivity index (χ4n) is 23.9. The van der Waals surface area contributed by atoms with Gasteiger partial charge in [-0.05, 0) is 271 Å². The number of nitrogens with zero attached hydrogens (tertiary/aromatic N) is 11. The molecule has 650 valence electrons. The first-order valence-corrected chi connectivity index (χ1v) is 48.2. The van der Waals surface area contributed by atoms with Crippen LogP contribution < -0.4 is 114 Å². The first-order chi connectivity index (χ1) is 69.5. The molecule has 21 aromatic rings. The molecule has 29 rings (SSSR count). The maximum absolute atomic E-state index is 6.90. The van der Waals surface area contributed by atoms with Crippen LogP contribution in [0.5, 0.6) is 11.5 Å². The standard InChI is InChI=1S/C124H81B4N11O/c1-10-40-84(41-11-1)131(85-42-12-2-13-43-85)117-80-113-121-123(129-117)138(91-54-24-8-25-55-91)111-79-112-102(77-101(111)126(121)96-60-29-32-63-103(96)133(113)87-46-16-4-17-47-87)127-97-61-30-33-64-104(97)134(88-48-18-5-19-49-88)114-81-118(130-124(122(114)127)139(112)92-56-26-9-27-57-92)132(86-44-14-3-15-45-86)93-73-71-82(72-74-93)83-39-36-58-94(75-83)137-105-65-34-28-59-95(105)125-99-76-100-110(78-109(99)135(89-50-20-6-21-51-89)106-66-37-67-107(137)119(106)125)136(90-52-22-7-23-53-90)108-68-38-70-116-120(108)128(100)98-62-31-35-69-115(98)140-116/h1-81H. The molecule has 8 aliphatic heterocycles. The molecule has 0 amide bonds. The molecule has 0 atom stereocenters. The summed E-state index contributed by atoms with van der Waals surface area (Å²) in [6, 6.07) is 180. The highest BCUT2D eigenvalue weighted by molar-refractivity contribution is 7.04. The van der Waals surface area contributed by atoms with Gasteiger partial charge in [0.15, 0.2) is 0 Å². The van der Waals surface area contributed by atoms with E-state index in [0.717, 1.165) is 193 Å². The molecule has 0 N–H and O–H groups in total. The van der Waals surface area contributed by atoms with Gasteiger partial charge < -0.3 is 29.2 Å². The maximum Gasteiger partial charge on any atom is 0.256 e. The van der Waals surface area contributed by atoms with Gasteiger partial charge in [0.2, 0.25) is 0 Å². The quantitative estimate of drug-likeness (QED) is 0.0975. The van der Waals surface area contributed by atoms with Crippen LogP contribution in [0.15, 0.2) is 491 Å². The molecular weight excluding hydrogens is 1700 g/mol. The number of benzene rings is 19. The highest BCUT2D eigenvalue weighted by atomic mass is 16.5. The second-order valence-corrected chi connectivity index (χ2v) is 37.0. The second kappa shape index (κ2) is 31.7. The smallest absolute Gasteiger partial charge is 0.256 e. The van der Waals surface area contributed by atoms with Crippen molar-refractivity contribution >= 4 is 246 Å². The summed E-state index contributed by atoms with van der Waals surface area (Å²) in [5, 5.41) is 0. The van der Waals surface area contributed by atoms with Crippen LogP contribution in [0.25, 0.3) is 11.1 Å². The largest absolute Gasteiger partial charge is 0.458 e. The Morgan fingerprint density at radius 3 is 0.871 bits per heavy atom. The van der Waals surface area contributed by atoms with Crippen molar-refractivity contribution in [2.75, 3.05) is 44.1 Å². The summed E-state index contributed by atoms with van der Waals surface area (Å²) in [5.41, 5.74) is 40.7. The zero-order valence-electron chi connectivity index (χ0n) is 75.9. The minimum absolute atomic E-state index is 0.0962. The fourth-order valence-corrected chi connectivity index (χ4v) is 23.9. The third kappa shape index (κ3) is 12.1. The molecule has 140 heavy (non-hydrogen) atoms. The molecule has 10 heterocycles. The lowest BCUT2D eigenvalue weighted by Crippen LogP contribution is -2.65. The predicted molar refractivity (Wildman–Crippen MR) is 585 cm³/mol. The number of fused-ring (bicyclic) bond motifs is 16. The molecule has 8 aliphatic rings. The maximum atomic E-state index is 6.90. The van der Waals surface area contributed by atoms with E-state index >= 15 is 0 Å². The summed E-state index contributed by atoms with van der Waals surface area (Å²) in [5.74, 6) is 4.96. The van der Waals surface area contributed by atoms with Gasteiger partial charge in [0.25, 0.3) is 26.9 Å². The normalized spacial score (nSPS) is 13.5. The highest BCUT2D eigenvalue weighted by Gasteiger charge is 2.53. The first-order valence-electron chi connectivity index (χ1n) is 48.2. The zero-order valence-corrected chi connectivity index (χ0v) is 75.9. The van der Waals surface area contributed by atoms with Crippen molar-refractivity contribution in [1.29, 1.82) is 0 Å². The van der Waals surface area contributed by atoms with Crippen molar-refractivity contribution in [3.05, 3.63) is 491 Å². The molecule has 0 bridgehead atoms. The van der Waals surface area contributed by atoms with E-state index in [4.69, 9.17) is 14.7 Å². The van der Waals surface area contributed by atoms with Crippen LogP contribution in [-0.4, -0.2) is 36.8 Å². The van der Waals surface area contributed by atoms with E-state index in [2.05, 4.69) is 535 Å². The van der Waals surface area contributed by atoms with E-state index in [1.54, 1.807) is 0 Å². The van der Waals surface area contributed by atoms with Crippen LogP contribution >= 0.6 is 0 Å². The Morgan fingerprint density at radius 2 is 0.457 bits per heavy atom. The van der Waals surface area contributed by atoms with Crippen LogP contribution in [0.4, 0.5) is 154 Å². The van der Waals surface area contributed by atoms with Gasteiger partial charge in [-0.1, -0.05) is 285 Å². The van der Waals surface area contributed by atoms with Crippen molar-refractivity contribution in [2.24, 2.45) is 0 Å². The summed E-state index contributed by atoms with van der Waals surface area (Å²) >= 11 is 0. The zero-order chi connectivity index (χ0) is 91.7. The van der Waals surface area contributed by atoms with Gasteiger partial charge >= 0.3 is 0 Å². The molecule has 16 heteroatoms. The minimum Gasteiger partial charge on any atom is -0.458 e. The third-order valence-corrected chi connectivity index (χ3v) is 29.5. The van der Waals surface area contributed by atoms with Crippen molar-refractivity contribution < 1.29 is 4.74 Å². The summed E-state index contributed by atoms with van der Waals surface area (Å²) in [7, 11) is 0. The number of pyridine rings is 2. The van der Waals surface area contributed by atoms with Gasteiger partial charge in [-0.25, -0.2) is 9.97 Å². The van der Waals surface area contributed by atoms with E-state index in [-0.39, 0.29) is 26.9 Å². The molecule has 0 fully saturated rings. The first kappa shape index (κ1) is 79.2. The van der Waals surface area contributed by atoms with Crippen LogP contribution in [-0.2, 0) is 0 Å². The Hall–Kier alpha value is -18.3. The Kier molecular flexibility index (Phi) is 17.9. The lowest BCUT2D eigenvalue weighted by molar-refractivity contribution is 0.487. The number of hydrogen-bond acceptors (Lipinski definition) is 12. The lowest BCUT2D eigenvalue weighted by atomic mass is 9.30. The van der Waals surface area contributed by atoms with Crippen LogP contribution in [0.1, 0.15) is 0 Å². The van der Waals surface area contributed by atoms with E-state index in [1.165, 1.54) is 49.2 Å². The molecule has 0 unspecified atom stereocenters. The summed E-state index contributed by atoms with van der Waals surface area (Å²) in [6.07, 6.45) is 0. The second-order valence-electron chi connectivity index (χ2n) is 37.0. The molecule has 2 aromatic heterocycles. The molecule has 0 saturated heterocycles. The highest BCUT2D eigenvalue weighted by Crippen LogP contribution is 2.54. The molecule has 19 aromatic carbocycles. The van der Waals surface area contributed by atoms with Gasteiger partial charge in [0.1, 0.15) is 34.8 Å². The monoisotopic (exact) mass is 1780 g/mol. The summed E-state index contributed by atoms with van der Waals surface area (Å²) in [4.78, 5) is 34.5. The average Bonchev–Trinajstić information content (AvgIpc) is 0.688. The SMILES string of the molecule is c1ccc(N(c2ccccc2)c2cc3c4c(n2)N(c2ccccc2)c2cc5c(cc2B4c2ccccc2N3c2ccccc2)B2c3ccccc3N(c3ccccc3)c3cc(N(c4ccccc4)c4ccc(-c6cccc(N7c8ccccc8B8c9cc%10c(cc9N(c9ccccc9)c9cccc7c98)N(c7ccccc7)c7cccc8c7B%10c7ccccc7O8)c6)cc4)nc(c32)N5c2ccccc2)cc1. The van der Waals surface area contributed by atoms with E-state index < -0.39 is 0 Å².